The molecule has 10 nitrogen and oxygen atoms in total. The number of nitrogens with one attached hydrogen (secondary N) is 1. The second kappa shape index (κ2) is 10.7. The van der Waals surface area contributed by atoms with Gasteiger partial charge in [-0.2, -0.15) is 18.3 Å². The Kier molecular flexibility index (Phi) is 7.70. The third-order valence-corrected chi connectivity index (χ3v) is 5.93. The van der Waals surface area contributed by atoms with Crippen LogP contribution in [-0.2, 0) is 18.3 Å². The summed E-state index contributed by atoms with van der Waals surface area (Å²) in [6, 6.07) is 2.20. The van der Waals surface area contributed by atoms with Gasteiger partial charge >= 0.3 is 6.18 Å². The minimum atomic E-state index is -5.02. The van der Waals surface area contributed by atoms with Crippen LogP contribution >= 0.6 is 0 Å². The number of aromatic nitrogens is 6. The van der Waals surface area contributed by atoms with Gasteiger partial charge in [0.25, 0.3) is 11.1 Å². The highest BCUT2D eigenvalue weighted by Crippen LogP contribution is 2.33. The Morgan fingerprint density at radius 1 is 1.10 bits per heavy atom. The first kappa shape index (κ1) is 28.7. The highest BCUT2D eigenvalue weighted by molar-refractivity contribution is 5.82. The summed E-state index contributed by atoms with van der Waals surface area (Å²) < 4.78 is 75.4. The van der Waals surface area contributed by atoms with Crippen LogP contribution in [0.3, 0.4) is 0 Å². The molecule has 4 aromatic rings. The lowest BCUT2D eigenvalue weighted by atomic mass is 10.0. The Labute approximate surface area is 222 Å². The number of rotatable bonds is 8. The largest absolute Gasteiger partial charge is 0.488 e. The number of aromatic amines is 1. The van der Waals surface area contributed by atoms with E-state index < -0.39 is 65.3 Å². The molecule has 40 heavy (non-hydrogen) atoms. The van der Waals surface area contributed by atoms with E-state index in [4.69, 9.17) is 4.74 Å². The summed E-state index contributed by atoms with van der Waals surface area (Å²) in [4.78, 5) is 36.7. The third kappa shape index (κ3) is 6.14. The zero-order chi connectivity index (χ0) is 29.4. The van der Waals surface area contributed by atoms with Crippen molar-refractivity contribution in [1.29, 1.82) is 0 Å². The van der Waals surface area contributed by atoms with Crippen molar-refractivity contribution < 1.29 is 31.8 Å². The number of aliphatic hydroxyl groups is 1. The molecule has 0 fully saturated rings. The van der Waals surface area contributed by atoms with Crippen LogP contribution in [0.25, 0.3) is 22.3 Å². The molecule has 1 aromatic carbocycles. The van der Waals surface area contributed by atoms with E-state index in [9.17, 15) is 36.6 Å². The van der Waals surface area contributed by atoms with Gasteiger partial charge in [-0.15, -0.1) is 0 Å². The molecule has 4 rings (SSSR count). The molecule has 0 saturated heterocycles. The molecule has 212 valence electrons. The fraction of sp³-hybridized carbons (Fsp3) is 0.360. The number of alkyl halides is 4. The highest BCUT2D eigenvalue weighted by atomic mass is 19.4. The van der Waals surface area contributed by atoms with Gasteiger partial charge in [-0.05, 0) is 32.9 Å². The lowest BCUT2D eigenvalue weighted by molar-refractivity contribution is -0.140. The Bertz CT molecular complexity index is 1650. The van der Waals surface area contributed by atoms with Crippen molar-refractivity contribution in [3.8, 4) is 17.1 Å². The SMILES string of the molecule is C[C@@H](CC(F)Cn1cnc2cc(-c3ncc(C(C)(C)O)cn3)c(F)cc2c1=O)Oc1cn[nH]c(=O)c1C(F)(F)F. The third-order valence-electron chi connectivity index (χ3n) is 5.93. The zero-order valence-corrected chi connectivity index (χ0v) is 21.3. The summed E-state index contributed by atoms with van der Waals surface area (Å²) in [6.07, 6.45) is -3.95. The average Bonchev–Trinajstić information content (AvgIpc) is 2.84. The molecule has 0 aliphatic carbocycles. The first-order valence-electron chi connectivity index (χ1n) is 11.8. The van der Waals surface area contributed by atoms with Crippen molar-refractivity contribution in [2.45, 2.75) is 57.8 Å². The first-order valence-corrected chi connectivity index (χ1v) is 11.8. The molecule has 15 heteroatoms. The maximum atomic E-state index is 14.9. The predicted molar refractivity (Wildman–Crippen MR) is 132 cm³/mol. The number of ether oxygens (including phenoxy) is 1. The van der Waals surface area contributed by atoms with Crippen molar-refractivity contribution in [1.82, 2.24) is 29.7 Å². The number of nitrogens with zero attached hydrogens (tertiary/aromatic N) is 5. The number of benzene rings is 1. The summed E-state index contributed by atoms with van der Waals surface area (Å²) in [6.45, 7) is 3.83. The number of hydrogen-bond acceptors (Lipinski definition) is 8. The van der Waals surface area contributed by atoms with E-state index in [2.05, 4.69) is 20.1 Å². The van der Waals surface area contributed by atoms with Gasteiger partial charge in [0.15, 0.2) is 17.1 Å². The number of H-pyrrole nitrogens is 1. The van der Waals surface area contributed by atoms with Crippen LogP contribution in [0.15, 0.2) is 46.6 Å². The van der Waals surface area contributed by atoms with E-state index >= 15 is 0 Å². The van der Waals surface area contributed by atoms with Gasteiger partial charge in [0.05, 0.1) is 47.2 Å². The van der Waals surface area contributed by atoms with E-state index in [-0.39, 0.29) is 22.3 Å². The second-order valence-corrected chi connectivity index (χ2v) is 9.60. The van der Waals surface area contributed by atoms with Crippen molar-refractivity contribution in [3.63, 3.8) is 0 Å². The van der Waals surface area contributed by atoms with Gasteiger partial charge in [0.1, 0.15) is 12.0 Å². The van der Waals surface area contributed by atoms with Gasteiger partial charge in [0, 0.05) is 24.4 Å². The second-order valence-electron chi connectivity index (χ2n) is 9.60. The molecule has 0 aliphatic heterocycles. The molecule has 1 unspecified atom stereocenters. The van der Waals surface area contributed by atoms with Crippen LogP contribution in [0.4, 0.5) is 22.0 Å². The van der Waals surface area contributed by atoms with E-state index in [1.807, 2.05) is 0 Å². The Morgan fingerprint density at radius 2 is 1.77 bits per heavy atom. The van der Waals surface area contributed by atoms with Gasteiger partial charge in [-0.1, -0.05) is 0 Å². The molecule has 2 atom stereocenters. The van der Waals surface area contributed by atoms with Crippen molar-refractivity contribution in [3.05, 3.63) is 74.7 Å². The molecule has 3 heterocycles. The van der Waals surface area contributed by atoms with E-state index in [1.54, 1.807) is 18.9 Å². The smallest absolute Gasteiger partial charge is 0.425 e. The van der Waals surface area contributed by atoms with Crippen molar-refractivity contribution in [2.75, 3.05) is 0 Å². The summed E-state index contributed by atoms with van der Waals surface area (Å²) in [5, 5.41) is 14.9. The van der Waals surface area contributed by atoms with Crippen LogP contribution in [0.5, 0.6) is 5.75 Å². The Hall–Kier alpha value is -4.27. The monoisotopic (exact) mass is 566 g/mol. The minimum Gasteiger partial charge on any atom is -0.488 e. The van der Waals surface area contributed by atoms with Crippen molar-refractivity contribution in [2.24, 2.45) is 0 Å². The topological polar surface area (TPSA) is 136 Å². The average molecular weight is 566 g/mol. The normalized spacial score (nSPS) is 13.8. The molecule has 0 radical (unpaired) electrons. The maximum absolute atomic E-state index is 14.9. The van der Waals surface area contributed by atoms with E-state index in [0.29, 0.717) is 11.8 Å². The quantitative estimate of drug-likeness (QED) is 0.310. The predicted octanol–water partition coefficient (Wildman–Crippen LogP) is 3.52. The number of halogens is 5. The minimum absolute atomic E-state index is 0.000440. The van der Waals surface area contributed by atoms with Crippen LogP contribution in [0.1, 0.15) is 38.3 Å². The molecule has 0 saturated carbocycles. The van der Waals surface area contributed by atoms with Crippen molar-refractivity contribution >= 4 is 10.9 Å². The van der Waals surface area contributed by atoms with Crippen LogP contribution in [0, 0.1) is 5.82 Å². The zero-order valence-electron chi connectivity index (χ0n) is 21.3. The molecule has 0 amide bonds. The molecule has 0 aliphatic rings. The molecule has 0 bridgehead atoms. The summed E-state index contributed by atoms with van der Waals surface area (Å²) in [7, 11) is 0. The molecule has 0 spiro atoms. The van der Waals surface area contributed by atoms with Gasteiger partial charge in [0.2, 0.25) is 0 Å². The summed E-state index contributed by atoms with van der Waals surface area (Å²) in [5.74, 6) is -1.68. The lowest BCUT2D eigenvalue weighted by Crippen LogP contribution is -2.29. The fourth-order valence-electron chi connectivity index (χ4n) is 3.92. The summed E-state index contributed by atoms with van der Waals surface area (Å²) >= 11 is 0. The highest BCUT2D eigenvalue weighted by Gasteiger charge is 2.38. The number of hydrogen-bond donors (Lipinski definition) is 2. The summed E-state index contributed by atoms with van der Waals surface area (Å²) in [5.41, 5.74) is -4.58. The first-order chi connectivity index (χ1) is 18.6. The fourth-order valence-corrected chi connectivity index (χ4v) is 3.92. The van der Waals surface area contributed by atoms with E-state index in [1.165, 1.54) is 25.4 Å². The van der Waals surface area contributed by atoms with Gasteiger partial charge in [-0.3, -0.25) is 14.2 Å². The Morgan fingerprint density at radius 3 is 2.40 bits per heavy atom. The maximum Gasteiger partial charge on any atom is 0.425 e. The van der Waals surface area contributed by atoms with Crippen LogP contribution in [0.2, 0.25) is 0 Å². The molecule has 2 N–H and O–H groups in total. The number of fused-ring (bicyclic) bond motifs is 1. The van der Waals surface area contributed by atoms with Crippen LogP contribution in [-0.4, -0.2) is 47.1 Å². The van der Waals surface area contributed by atoms with E-state index in [0.717, 1.165) is 17.0 Å². The van der Waals surface area contributed by atoms with Gasteiger partial charge in [-0.25, -0.2) is 28.8 Å². The lowest BCUT2D eigenvalue weighted by Gasteiger charge is -2.19. The Balaban J connectivity index is 1.51. The molecular weight excluding hydrogens is 543 g/mol. The molecule has 3 aromatic heterocycles. The molecular formula is C25H23F5N6O4. The van der Waals surface area contributed by atoms with Gasteiger partial charge < -0.3 is 9.84 Å². The standard InChI is InChI=1S/C25H23F5N6O4/c1-12(40-19-9-34-35-22(37)20(19)25(28,29)30)4-14(26)10-36-11-33-18-6-15(17(27)5-16(18)23(36)38)21-31-7-13(8-32-21)24(2,3)39/h5-9,11-12,14,39H,4,10H2,1-3H3,(H,35,37)/t12-,14?/m0/s1. The van der Waals surface area contributed by atoms with Crippen LogP contribution < -0.4 is 15.9 Å².